The highest BCUT2D eigenvalue weighted by Crippen LogP contribution is 2.15. The number of Topliss-reactive ketones (excluding diaryl/α,β-unsaturated/α-hetero) is 1. The van der Waals surface area contributed by atoms with E-state index in [0.29, 0.717) is 6.42 Å². The Bertz CT molecular complexity index is 403. The van der Waals surface area contributed by atoms with Crippen LogP contribution in [-0.2, 0) is 9.53 Å². The number of nitrogens with zero attached hydrogens (tertiary/aromatic N) is 1. The van der Waals surface area contributed by atoms with Gasteiger partial charge < -0.3 is 4.74 Å². The predicted octanol–water partition coefficient (Wildman–Crippen LogP) is 2.62. The summed E-state index contributed by atoms with van der Waals surface area (Å²) in [6.45, 7) is 3.77. The van der Waals surface area contributed by atoms with Crippen LogP contribution in [0.4, 0.5) is 0 Å². The molecule has 0 bridgehead atoms. The third-order valence-electron chi connectivity index (χ3n) is 2.28. The number of carbonyl (C=O) groups is 2. The van der Waals surface area contributed by atoms with E-state index in [1.165, 1.54) is 6.20 Å². The van der Waals surface area contributed by atoms with E-state index in [0.717, 1.165) is 4.47 Å². The maximum atomic E-state index is 12.0. The lowest BCUT2D eigenvalue weighted by Gasteiger charge is -2.11. The first-order valence-corrected chi connectivity index (χ1v) is 6.21. The highest BCUT2D eigenvalue weighted by Gasteiger charge is 2.27. The van der Waals surface area contributed by atoms with E-state index in [4.69, 9.17) is 4.74 Å². The second-order valence-electron chi connectivity index (χ2n) is 3.44. The molecule has 0 aromatic carbocycles. The summed E-state index contributed by atoms with van der Waals surface area (Å²) in [5, 5.41) is 0. The average molecular weight is 300 g/mol. The smallest absolute Gasteiger partial charge is 0.316 e. The number of hydrogen-bond donors (Lipinski definition) is 0. The number of ketones is 1. The Morgan fingerprint density at radius 1 is 1.41 bits per heavy atom. The Balaban J connectivity index is 2.86. The molecule has 1 aromatic rings. The minimum atomic E-state index is -0.761. The van der Waals surface area contributed by atoms with Crippen LogP contribution in [-0.4, -0.2) is 23.3 Å². The van der Waals surface area contributed by atoms with Crippen LogP contribution in [0.25, 0.3) is 0 Å². The minimum absolute atomic E-state index is 0.274. The Morgan fingerprint density at radius 2 is 2.12 bits per heavy atom. The molecular weight excluding hydrogens is 286 g/mol. The summed E-state index contributed by atoms with van der Waals surface area (Å²) in [5.41, 5.74) is 0.285. The van der Waals surface area contributed by atoms with Gasteiger partial charge in [-0.2, -0.15) is 0 Å². The number of esters is 1. The first-order valence-electron chi connectivity index (χ1n) is 5.42. The van der Waals surface area contributed by atoms with Gasteiger partial charge in [-0.05, 0) is 41.4 Å². The second-order valence-corrected chi connectivity index (χ2v) is 4.35. The summed E-state index contributed by atoms with van der Waals surface area (Å²) >= 11 is 3.24. The zero-order valence-electron chi connectivity index (χ0n) is 9.77. The van der Waals surface area contributed by atoms with Crippen molar-refractivity contribution in [2.45, 2.75) is 20.3 Å². The maximum absolute atomic E-state index is 12.0. The fraction of sp³-hybridized carbons (Fsp3) is 0.417. The molecule has 0 aliphatic heterocycles. The highest BCUT2D eigenvalue weighted by molar-refractivity contribution is 9.10. The molecular formula is C12H14BrNO3. The standard InChI is InChI=1S/C12H14BrNO3/c1-3-9(12(16)17-4-2)11(15)10-6-5-8(13)7-14-10/h5-7,9H,3-4H2,1-2H3. The van der Waals surface area contributed by atoms with Gasteiger partial charge in [0, 0.05) is 10.7 Å². The van der Waals surface area contributed by atoms with Crippen LogP contribution < -0.4 is 0 Å². The van der Waals surface area contributed by atoms with E-state index in [-0.39, 0.29) is 18.1 Å². The van der Waals surface area contributed by atoms with Crippen molar-refractivity contribution >= 4 is 27.7 Å². The lowest BCUT2D eigenvalue weighted by molar-refractivity contribution is -0.146. The van der Waals surface area contributed by atoms with Crippen molar-refractivity contribution in [2.75, 3.05) is 6.61 Å². The van der Waals surface area contributed by atoms with Gasteiger partial charge in [0.25, 0.3) is 0 Å². The normalized spacial score (nSPS) is 11.9. The largest absolute Gasteiger partial charge is 0.465 e. The zero-order chi connectivity index (χ0) is 12.8. The third kappa shape index (κ3) is 3.63. The van der Waals surface area contributed by atoms with Crippen molar-refractivity contribution < 1.29 is 14.3 Å². The van der Waals surface area contributed by atoms with Crippen LogP contribution in [0.15, 0.2) is 22.8 Å². The van der Waals surface area contributed by atoms with Crippen LogP contribution in [0.1, 0.15) is 30.8 Å². The fourth-order valence-corrected chi connectivity index (χ4v) is 1.64. The molecule has 1 aromatic heterocycles. The van der Waals surface area contributed by atoms with E-state index in [9.17, 15) is 9.59 Å². The summed E-state index contributed by atoms with van der Waals surface area (Å²) in [5.74, 6) is -1.54. The molecule has 0 saturated heterocycles. The molecule has 0 aliphatic rings. The van der Waals surface area contributed by atoms with E-state index < -0.39 is 11.9 Å². The van der Waals surface area contributed by atoms with Crippen molar-refractivity contribution in [3.8, 4) is 0 Å². The Morgan fingerprint density at radius 3 is 2.59 bits per heavy atom. The van der Waals surface area contributed by atoms with Crippen LogP contribution in [0.3, 0.4) is 0 Å². The molecule has 0 saturated carbocycles. The van der Waals surface area contributed by atoms with Crippen molar-refractivity contribution in [3.63, 3.8) is 0 Å². The number of aromatic nitrogens is 1. The number of pyridine rings is 1. The molecule has 92 valence electrons. The second kappa shape index (κ2) is 6.49. The molecule has 5 heteroatoms. The summed E-state index contributed by atoms with van der Waals surface area (Å²) in [4.78, 5) is 27.6. The van der Waals surface area contributed by atoms with Gasteiger partial charge in [-0.15, -0.1) is 0 Å². The van der Waals surface area contributed by atoms with Crippen LogP contribution in [0, 0.1) is 5.92 Å². The Kier molecular flexibility index (Phi) is 5.28. The lowest BCUT2D eigenvalue weighted by atomic mass is 9.98. The zero-order valence-corrected chi connectivity index (χ0v) is 11.4. The van der Waals surface area contributed by atoms with E-state index >= 15 is 0 Å². The number of hydrogen-bond acceptors (Lipinski definition) is 4. The maximum Gasteiger partial charge on any atom is 0.316 e. The Hall–Kier alpha value is -1.23. The van der Waals surface area contributed by atoms with E-state index in [1.807, 2.05) is 0 Å². The molecule has 1 rings (SSSR count). The molecule has 4 nitrogen and oxygen atoms in total. The van der Waals surface area contributed by atoms with Crippen molar-refractivity contribution in [1.29, 1.82) is 0 Å². The van der Waals surface area contributed by atoms with Gasteiger partial charge in [0.1, 0.15) is 11.6 Å². The quantitative estimate of drug-likeness (QED) is 0.476. The van der Waals surface area contributed by atoms with Gasteiger partial charge in [0.15, 0.2) is 5.78 Å². The first kappa shape index (κ1) is 13.8. The highest BCUT2D eigenvalue weighted by atomic mass is 79.9. The predicted molar refractivity (Wildman–Crippen MR) is 66.7 cm³/mol. The molecule has 1 unspecified atom stereocenters. The van der Waals surface area contributed by atoms with Crippen molar-refractivity contribution in [3.05, 3.63) is 28.5 Å². The number of carbonyl (C=O) groups excluding carboxylic acids is 2. The summed E-state index contributed by atoms with van der Waals surface area (Å²) in [6.07, 6.45) is 1.94. The van der Waals surface area contributed by atoms with Crippen molar-refractivity contribution in [2.24, 2.45) is 5.92 Å². The lowest BCUT2D eigenvalue weighted by Crippen LogP contribution is -2.26. The topological polar surface area (TPSA) is 56.3 Å². The fourth-order valence-electron chi connectivity index (χ4n) is 1.40. The first-order chi connectivity index (χ1) is 8.10. The summed E-state index contributed by atoms with van der Waals surface area (Å²) in [7, 11) is 0. The van der Waals surface area contributed by atoms with E-state index in [1.54, 1.807) is 26.0 Å². The van der Waals surface area contributed by atoms with Gasteiger partial charge in [-0.25, -0.2) is 0 Å². The van der Waals surface area contributed by atoms with Crippen LogP contribution in [0.2, 0.25) is 0 Å². The summed E-state index contributed by atoms with van der Waals surface area (Å²) < 4.78 is 5.65. The average Bonchev–Trinajstić information content (AvgIpc) is 2.31. The number of rotatable bonds is 5. The van der Waals surface area contributed by atoms with Gasteiger partial charge >= 0.3 is 5.97 Å². The minimum Gasteiger partial charge on any atom is -0.465 e. The molecule has 0 spiro atoms. The molecule has 1 atom stereocenters. The van der Waals surface area contributed by atoms with Crippen molar-refractivity contribution in [1.82, 2.24) is 4.98 Å². The van der Waals surface area contributed by atoms with Crippen LogP contribution >= 0.6 is 15.9 Å². The van der Waals surface area contributed by atoms with Gasteiger partial charge in [0.2, 0.25) is 0 Å². The van der Waals surface area contributed by atoms with Crippen LogP contribution in [0.5, 0.6) is 0 Å². The monoisotopic (exact) mass is 299 g/mol. The molecule has 0 amide bonds. The number of halogens is 1. The molecule has 17 heavy (non-hydrogen) atoms. The summed E-state index contributed by atoms with van der Waals surface area (Å²) in [6, 6.07) is 3.31. The third-order valence-corrected chi connectivity index (χ3v) is 2.74. The SMILES string of the molecule is CCOC(=O)C(CC)C(=O)c1ccc(Br)cn1. The van der Waals surface area contributed by atoms with Gasteiger partial charge in [-0.3, -0.25) is 14.6 Å². The molecule has 0 aliphatic carbocycles. The molecule has 1 heterocycles. The molecule has 0 N–H and O–H groups in total. The van der Waals surface area contributed by atoms with E-state index in [2.05, 4.69) is 20.9 Å². The Labute approximate surface area is 109 Å². The van der Waals surface area contributed by atoms with Gasteiger partial charge in [-0.1, -0.05) is 6.92 Å². The van der Waals surface area contributed by atoms with Gasteiger partial charge in [0.05, 0.1) is 6.61 Å². The molecule has 0 radical (unpaired) electrons. The number of ether oxygens (including phenoxy) is 1. The molecule has 0 fully saturated rings.